The van der Waals surface area contributed by atoms with Gasteiger partial charge in [0, 0.05) is 0 Å². The van der Waals surface area contributed by atoms with Gasteiger partial charge in [-0.15, -0.1) is 0 Å². The van der Waals surface area contributed by atoms with Gasteiger partial charge in [0.1, 0.15) is 10.9 Å². The zero-order chi connectivity index (χ0) is 21.5. The third kappa shape index (κ3) is 6.25. The fourth-order valence-electron chi connectivity index (χ4n) is 2.29. The second kappa shape index (κ2) is 9.82. The minimum atomic E-state index is -6.09. The Morgan fingerprint density at radius 1 is 0.793 bits per heavy atom. The largest absolute Gasteiger partial charge is 0.741 e. The molecule has 0 radical (unpaired) electrons. The molecule has 0 amide bonds. The van der Waals surface area contributed by atoms with E-state index in [-0.39, 0.29) is 10.9 Å². The minimum Gasteiger partial charge on any atom is -0.741 e. The molecule has 3 aromatic rings. The molecule has 0 aromatic heterocycles. The fourth-order valence-corrected chi connectivity index (χ4v) is 4.50. The van der Waals surface area contributed by atoms with Crippen LogP contribution in [-0.4, -0.2) is 25.6 Å². The van der Waals surface area contributed by atoms with Gasteiger partial charge in [-0.25, -0.2) is 8.42 Å². The second-order valence-corrected chi connectivity index (χ2v) is 8.85. The van der Waals surface area contributed by atoms with E-state index in [2.05, 4.69) is 72.8 Å². The number of para-hydroxylation sites is 1. The average molecular weight is 442 g/mol. The van der Waals surface area contributed by atoms with Crippen LogP contribution in [0.1, 0.15) is 0 Å². The van der Waals surface area contributed by atoms with Crippen molar-refractivity contribution in [2.45, 2.75) is 20.2 Å². The zero-order valence-corrected chi connectivity index (χ0v) is 16.8. The quantitative estimate of drug-likeness (QED) is 0.329. The van der Waals surface area contributed by atoms with Gasteiger partial charge in [-0.1, -0.05) is 48.5 Å². The van der Waals surface area contributed by atoms with Crippen LogP contribution in [0.3, 0.4) is 0 Å². The number of rotatable bonds is 4. The van der Waals surface area contributed by atoms with Gasteiger partial charge in [-0.3, -0.25) is 0 Å². The summed E-state index contributed by atoms with van der Waals surface area (Å²) in [6.45, 7) is 0. The van der Waals surface area contributed by atoms with Crippen LogP contribution in [0.4, 0.5) is 13.2 Å². The fraction of sp³-hybridized carbons (Fsp3) is 0.100. The second-order valence-electron chi connectivity index (χ2n) is 5.48. The maximum Gasteiger partial charge on any atom is 0.485 e. The van der Waals surface area contributed by atoms with Crippen molar-refractivity contribution in [3.8, 4) is 5.75 Å². The molecule has 0 atom stereocenters. The van der Waals surface area contributed by atoms with E-state index >= 15 is 0 Å². The van der Waals surface area contributed by atoms with Gasteiger partial charge in [0.15, 0.2) is 25.7 Å². The van der Waals surface area contributed by atoms with Crippen LogP contribution in [0.15, 0.2) is 99.6 Å². The predicted molar refractivity (Wildman–Crippen MR) is 104 cm³/mol. The van der Waals surface area contributed by atoms with Crippen molar-refractivity contribution >= 4 is 21.0 Å². The predicted octanol–water partition coefficient (Wildman–Crippen LogP) is 4.84. The molecule has 0 bridgehead atoms. The first-order chi connectivity index (χ1) is 13.6. The van der Waals surface area contributed by atoms with Crippen LogP contribution in [0.25, 0.3) is 0 Å². The first kappa shape index (κ1) is 22.8. The molecule has 0 unspecified atom stereocenters. The van der Waals surface area contributed by atoms with Crippen molar-refractivity contribution in [3.63, 3.8) is 0 Å². The summed E-state index contributed by atoms with van der Waals surface area (Å²) in [6, 6.07) is 29.5. The molecule has 3 aromatic carbocycles. The summed E-state index contributed by atoms with van der Waals surface area (Å²) in [5.74, 6) is 0.938. The molecule has 0 aliphatic rings. The van der Waals surface area contributed by atoms with E-state index in [1.165, 1.54) is 14.7 Å². The molecule has 0 heterocycles. The maximum absolute atomic E-state index is 10.7. The molecule has 0 fully saturated rings. The normalized spacial score (nSPS) is 11.5. The number of benzene rings is 3. The first-order valence-electron chi connectivity index (χ1n) is 8.14. The molecule has 0 saturated carbocycles. The number of hydrogen-bond donors (Lipinski definition) is 0. The average Bonchev–Trinajstić information content (AvgIpc) is 2.69. The Balaban J connectivity index is 0.000000321. The summed E-state index contributed by atoms with van der Waals surface area (Å²) in [7, 11) is -4.51. The van der Waals surface area contributed by atoms with E-state index in [0.29, 0.717) is 0 Å². The molecular formula is C20H17F3O4S2. The maximum atomic E-state index is 10.7. The number of alkyl halides is 3. The number of halogens is 3. The van der Waals surface area contributed by atoms with Crippen LogP contribution < -0.4 is 4.74 Å². The lowest BCUT2D eigenvalue weighted by molar-refractivity contribution is -0.0517. The lowest BCUT2D eigenvalue weighted by atomic mass is 10.3. The number of ether oxygens (including phenoxy) is 1. The first-order valence-corrected chi connectivity index (χ1v) is 10.8. The van der Waals surface area contributed by atoms with Crippen LogP contribution in [0, 0.1) is 0 Å². The summed E-state index contributed by atoms with van der Waals surface area (Å²) in [5, 5.41) is 0. The van der Waals surface area contributed by atoms with Crippen LogP contribution >= 0.6 is 0 Å². The zero-order valence-electron chi connectivity index (χ0n) is 15.2. The van der Waals surface area contributed by atoms with Gasteiger partial charge in [-0.05, 0) is 36.4 Å². The van der Waals surface area contributed by atoms with E-state index in [1.54, 1.807) is 7.11 Å². The minimum absolute atomic E-state index is 0.151. The highest BCUT2D eigenvalue weighted by Gasteiger charge is 2.37. The third-order valence-electron chi connectivity index (χ3n) is 3.53. The van der Waals surface area contributed by atoms with Gasteiger partial charge in [-0.2, -0.15) is 13.2 Å². The lowest BCUT2D eigenvalue weighted by Gasteiger charge is -2.10. The molecule has 0 saturated heterocycles. The van der Waals surface area contributed by atoms with Gasteiger partial charge >= 0.3 is 5.51 Å². The Hall–Kier alpha value is -2.49. The molecule has 0 N–H and O–H groups in total. The molecule has 0 aliphatic heterocycles. The molecule has 154 valence electrons. The molecule has 3 rings (SSSR count). The Kier molecular flexibility index (Phi) is 7.72. The van der Waals surface area contributed by atoms with Crippen molar-refractivity contribution in [1.29, 1.82) is 0 Å². The molecular weight excluding hydrogens is 425 g/mol. The van der Waals surface area contributed by atoms with E-state index in [9.17, 15) is 13.2 Å². The number of hydrogen-bond acceptors (Lipinski definition) is 4. The van der Waals surface area contributed by atoms with Gasteiger partial charge < -0.3 is 9.29 Å². The smallest absolute Gasteiger partial charge is 0.485 e. The van der Waals surface area contributed by atoms with Crippen molar-refractivity contribution in [1.82, 2.24) is 0 Å². The molecule has 4 nitrogen and oxygen atoms in total. The monoisotopic (exact) mass is 442 g/mol. The Morgan fingerprint density at radius 2 is 1.17 bits per heavy atom. The van der Waals surface area contributed by atoms with Crippen LogP contribution in [-0.2, 0) is 21.0 Å². The van der Waals surface area contributed by atoms with Crippen molar-refractivity contribution in [3.05, 3.63) is 84.9 Å². The summed E-state index contributed by atoms with van der Waals surface area (Å²) < 4.78 is 64.5. The highest BCUT2D eigenvalue weighted by molar-refractivity contribution is 7.97. The van der Waals surface area contributed by atoms with Gasteiger partial charge in [0.05, 0.1) is 7.11 Å². The molecule has 9 heteroatoms. The summed E-state index contributed by atoms with van der Waals surface area (Å²) in [4.78, 5) is 3.82. The summed E-state index contributed by atoms with van der Waals surface area (Å²) >= 11 is 0. The molecule has 0 aliphatic carbocycles. The Morgan fingerprint density at radius 3 is 1.55 bits per heavy atom. The summed E-state index contributed by atoms with van der Waals surface area (Å²) in [6.07, 6.45) is 0. The van der Waals surface area contributed by atoms with E-state index in [4.69, 9.17) is 17.7 Å². The lowest BCUT2D eigenvalue weighted by Crippen LogP contribution is -2.21. The van der Waals surface area contributed by atoms with Gasteiger partial charge in [0.25, 0.3) is 0 Å². The van der Waals surface area contributed by atoms with Crippen LogP contribution in [0.5, 0.6) is 5.75 Å². The van der Waals surface area contributed by atoms with Crippen molar-refractivity contribution in [2.24, 2.45) is 0 Å². The third-order valence-corrected chi connectivity index (χ3v) is 6.36. The highest BCUT2D eigenvalue weighted by Crippen LogP contribution is 2.36. The van der Waals surface area contributed by atoms with Crippen molar-refractivity contribution < 1.29 is 30.9 Å². The van der Waals surface area contributed by atoms with Gasteiger partial charge in [0.2, 0.25) is 4.90 Å². The highest BCUT2D eigenvalue weighted by atomic mass is 32.2. The Bertz CT molecular complexity index is 969. The molecule has 0 spiro atoms. The SMILES string of the molecule is COc1ccccc1[S+](c1ccccc1)c1ccccc1.O=S(=O)([O-])C(F)(F)F. The van der Waals surface area contributed by atoms with Crippen LogP contribution in [0.2, 0.25) is 0 Å². The van der Waals surface area contributed by atoms with E-state index in [0.717, 1.165) is 5.75 Å². The van der Waals surface area contributed by atoms with Crippen molar-refractivity contribution in [2.75, 3.05) is 7.11 Å². The number of methoxy groups -OCH3 is 1. The topological polar surface area (TPSA) is 66.4 Å². The molecule has 29 heavy (non-hydrogen) atoms. The standard InChI is InChI=1S/C19H17OS.CHF3O3S/c1-20-18-14-8-9-15-19(18)21(16-10-4-2-5-11-16)17-12-6-3-7-13-17;2-1(3,4)8(5,6)7/h2-15H,1H3;(H,5,6,7)/q+1;/p-1. The van der Waals surface area contributed by atoms with E-state index < -0.39 is 15.6 Å². The summed E-state index contributed by atoms with van der Waals surface area (Å²) in [5.41, 5.74) is -5.65. The Labute approximate surface area is 170 Å². The van der Waals surface area contributed by atoms with E-state index in [1.807, 2.05) is 12.1 Å².